The highest BCUT2D eigenvalue weighted by molar-refractivity contribution is 5.70. The zero-order valence-electron chi connectivity index (χ0n) is 16.3. The third-order valence-electron chi connectivity index (χ3n) is 4.63. The van der Waals surface area contributed by atoms with E-state index in [-0.39, 0.29) is 17.9 Å². The average Bonchev–Trinajstić information content (AvgIpc) is 3.08. The van der Waals surface area contributed by atoms with Crippen molar-refractivity contribution in [1.82, 2.24) is 4.90 Å². The number of rotatable bonds is 4. The second-order valence-corrected chi connectivity index (χ2v) is 7.93. The maximum absolute atomic E-state index is 12.6. The van der Waals surface area contributed by atoms with Crippen LogP contribution < -0.4 is 4.90 Å². The largest absolute Gasteiger partial charge is 0.508 e. The van der Waals surface area contributed by atoms with Crippen molar-refractivity contribution >= 4 is 17.5 Å². The maximum Gasteiger partial charge on any atom is 0.410 e. The van der Waals surface area contributed by atoms with Crippen LogP contribution in [-0.2, 0) is 4.74 Å². The lowest BCUT2D eigenvalue weighted by molar-refractivity contribution is 0.0232. The van der Waals surface area contributed by atoms with Crippen molar-refractivity contribution in [3.8, 4) is 5.75 Å². The second kappa shape index (κ2) is 7.91. The van der Waals surface area contributed by atoms with Crippen LogP contribution in [0.4, 0.5) is 16.2 Å². The number of ether oxygens (including phenoxy) is 1. The molecule has 1 heterocycles. The van der Waals surface area contributed by atoms with Crippen LogP contribution in [0.25, 0.3) is 0 Å². The summed E-state index contributed by atoms with van der Waals surface area (Å²) in [6.45, 7) is 7.07. The molecule has 1 aliphatic rings. The first-order valence-corrected chi connectivity index (χ1v) is 9.45. The molecule has 1 N–H and O–H groups in total. The Labute approximate surface area is 161 Å². The molecule has 2 aromatic carbocycles. The molecule has 3 rings (SSSR count). The Balaban J connectivity index is 1.83. The number of benzene rings is 2. The zero-order chi connectivity index (χ0) is 19.4. The van der Waals surface area contributed by atoms with Gasteiger partial charge in [0.25, 0.3) is 0 Å². The molecule has 27 heavy (non-hydrogen) atoms. The fraction of sp³-hybridized carbons (Fsp3) is 0.409. The SMILES string of the molecule is CC(C)(C)OC(=O)N1CCCC1CN(c1ccccc1)c1ccc(O)cc1. The Hall–Kier alpha value is -2.69. The van der Waals surface area contributed by atoms with E-state index in [4.69, 9.17) is 4.74 Å². The van der Waals surface area contributed by atoms with E-state index in [9.17, 15) is 9.90 Å². The van der Waals surface area contributed by atoms with E-state index in [1.54, 1.807) is 12.1 Å². The maximum atomic E-state index is 12.6. The van der Waals surface area contributed by atoms with Gasteiger partial charge in [-0.2, -0.15) is 0 Å². The third kappa shape index (κ3) is 4.94. The van der Waals surface area contributed by atoms with Crippen molar-refractivity contribution in [2.45, 2.75) is 45.3 Å². The molecule has 1 fully saturated rings. The summed E-state index contributed by atoms with van der Waals surface area (Å²) in [5.74, 6) is 0.239. The summed E-state index contributed by atoms with van der Waals surface area (Å²) in [4.78, 5) is 16.7. The predicted molar refractivity (Wildman–Crippen MR) is 108 cm³/mol. The van der Waals surface area contributed by atoms with E-state index >= 15 is 0 Å². The van der Waals surface area contributed by atoms with Crippen molar-refractivity contribution in [1.29, 1.82) is 0 Å². The van der Waals surface area contributed by atoms with Crippen molar-refractivity contribution in [2.75, 3.05) is 18.0 Å². The van der Waals surface area contributed by atoms with Gasteiger partial charge in [0, 0.05) is 24.5 Å². The number of likely N-dealkylation sites (tertiary alicyclic amines) is 1. The Morgan fingerprint density at radius 3 is 2.37 bits per heavy atom. The van der Waals surface area contributed by atoms with Crippen LogP contribution in [0.3, 0.4) is 0 Å². The quantitative estimate of drug-likeness (QED) is 0.831. The lowest BCUT2D eigenvalue weighted by Gasteiger charge is -2.33. The molecule has 5 nitrogen and oxygen atoms in total. The number of hydrogen-bond donors (Lipinski definition) is 1. The van der Waals surface area contributed by atoms with Gasteiger partial charge in [-0.1, -0.05) is 18.2 Å². The van der Waals surface area contributed by atoms with E-state index in [0.717, 1.165) is 30.8 Å². The van der Waals surface area contributed by atoms with Gasteiger partial charge in [-0.25, -0.2) is 4.79 Å². The highest BCUT2D eigenvalue weighted by Gasteiger charge is 2.33. The van der Waals surface area contributed by atoms with Gasteiger partial charge in [0.15, 0.2) is 0 Å². The summed E-state index contributed by atoms with van der Waals surface area (Å²) in [6.07, 6.45) is 1.67. The zero-order valence-corrected chi connectivity index (χ0v) is 16.3. The summed E-state index contributed by atoms with van der Waals surface area (Å²) in [6, 6.07) is 17.3. The van der Waals surface area contributed by atoms with Gasteiger partial charge in [0.05, 0.1) is 6.04 Å². The number of nitrogens with zero attached hydrogens (tertiary/aromatic N) is 2. The van der Waals surface area contributed by atoms with E-state index in [2.05, 4.69) is 17.0 Å². The van der Waals surface area contributed by atoms with Crippen molar-refractivity contribution in [2.24, 2.45) is 0 Å². The first-order valence-electron chi connectivity index (χ1n) is 9.45. The number of para-hydroxylation sites is 1. The lowest BCUT2D eigenvalue weighted by Crippen LogP contribution is -2.44. The molecular weight excluding hydrogens is 340 g/mol. The summed E-state index contributed by atoms with van der Waals surface area (Å²) < 4.78 is 5.60. The standard InChI is InChI=1S/C22H28N2O3/c1-22(2,3)27-21(26)23-15-7-10-19(23)16-24(17-8-5-4-6-9-17)18-11-13-20(25)14-12-18/h4-6,8-9,11-14,19,25H,7,10,15-16H2,1-3H3. The molecule has 144 valence electrons. The molecule has 0 aliphatic carbocycles. The van der Waals surface area contributed by atoms with Crippen LogP contribution in [0, 0.1) is 0 Å². The Bertz CT molecular complexity index is 753. The average molecular weight is 368 g/mol. The molecule has 2 aromatic rings. The minimum absolute atomic E-state index is 0.0776. The number of phenols is 1. The molecule has 0 bridgehead atoms. The summed E-state index contributed by atoms with van der Waals surface area (Å²) in [5, 5.41) is 9.63. The number of phenolic OH excluding ortho intramolecular Hbond substituents is 1. The fourth-order valence-corrected chi connectivity index (χ4v) is 3.40. The highest BCUT2D eigenvalue weighted by atomic mass is 16.6. The number of amides is 1. The molecule has 1 atom stereocenters. The third-order valence-corrected chi connectivity index (χ3v) is 4.63. The van der Waals surface area contributed by atoms with E-state index in [1.165, 1.54) is 0 Å². The predicted octanol–water partition coefficient (Wildman–Crippen LogP) is 4.93. The second-order valence-electron chi connectivity index (χ2n) is 7.93. The fourth-order valence-electron chi connectivity index (χ4n) is 3.40. The smallest absolute Gasteiger partial charge is 0.410 e. The van der Waals surface area contributed by atoms with E-state index in [1.807, 2.05) is 56.0 Å². The molecule has 0 saturated carbocycles. The topological polar surface area (TPSA) is 53.0 Å². The first kappa shape index (κ1) is 19.1. The molecule has 0 spiro atoms. The Morgan fingerprint density at radius 1 is 1.11 bits per heavy atom. The van der Waals surface area contributed by atoms with Gasteiger partial charge in [0.1, 0.15) is 11.4 Å². The molecule has 1 saturated heterocycles. The summed E-state index contributed by atoms with van der Waals surface area (Å²) in [5.41, 5.74) is 1.54. The highest BCUT2D eigenvalue weighted by Crippen LogP contribution is 2.30. The Morgan fingerprint density at radius 2 is 1.74 bits per heavy atom. The minimum Gasteiger partial charge on any atom is -0.508 e. The van der Waals surface area contributed by atoms with Crippen molar-refractivity contribution < 1.29 is 14.6 Å². The van der Waals surface area contributed by atoms with Gasteiger partial charge in [0.2, 0.25) is 0 Å². The van der Waals surface area contributed by atoms with Gasteiger partial charge >= 0.3 is 6.09 Å². The Kier molecular flexibility index (Phi) is 5.59. The number of carbonyl (C=O) groups is 1. The monoisotopic (exact) mass is 368 g/mol. The molecule has 0 aromatic heterocycles. The number of carbonyl (C=O) groups excluding carboxylic acids is 1. The summed E-state index contributed by atoms with van der Waals surface area (Å²) >= 11 is 0. The number of anilines is 2. The molecular formula is C22H28N2O3. The first-order chi connectivity index (χ1) is 12.8. The molecule has 1 unspecified atom stereocenters. The lowest BCUT2D eigenvalue weighted by atomic mass is 10.1. The van der Waals surface area contributed by atoms with Crippen LogP contribution in [0.1, 0.15) is 33.6 Å². The normalized spacial score (nSPS) is 17.0. The summed E-state index contributed by atoms with van der Waals surface area (Å²) in [7, 11) is 0. The van der Waals surface area contributed by atoms with Crippen LogP contribution in [-0.4, -0.2) is 40.8 Å². The van der Waals surface area contributed by atoms with Gasteiger partial charge in [-0.05, 0) is 70.0 Å². The number of aromatic hydroxyl groups is 1. The van der Waals surface area contributed by atoms with Crippen LogP contribution in [0.2, 0.25) is 0 Å². The van der Waals surface area contributed by atoms with Crippen molar-refractivity contribution in [3.63, 3.8) is 0 Å². The van der Waals surface area contributed by atoms with Gasteiger partial charge in [-0.15, -0.1) is 0 Å². The van der Waals surface area contributed by atoms with Crippen molar-refractivity contribution in [3.05, 3.63) is 54.6 Å². The molecule has 5 heteroatoms. The van der Waals surface area contributed by atoms with E-state index in [0.29, 0.717) is 6.54 Å². The molecule has 1 aliphatic heterocycles. The minimum atomic E-state index is -0.500. The van der Waals surface area contributed by atoms with E-state index < -0.39 is 5.60 Å². The molecule has 1 amide bonds. The van der Waals surface area contributed by atoms with Crippen LogP contribution in [0.5, 0.6) is 5.75 Å². The van der Waals surface area contributed by atoms with Crippen LogP contribution in [0.15, 0.2) is 54.6 Å². The number of hydrogen-bond acceptors (Lipinski definition) is 4. The van der Waals surface area contributed by atoms with Gasteiger partial charge < -0.3 is 19.6 Å². The van der Waals surface area contributed by atoms with Gasteiger partial charge in [-0.3, -0.25) is 0 Å². The molecule has 0 radical (unpaired) electrons. The van der Waals surface area contributed by atoms with Crippen LogP contribution >= 0.6 is 0 Å².